The third-order valence-corrected chi connectivity index (χ3v) is 1.21. The minimum atomic E-state index is -0.483. The Balaban J connectivity index is 3.60. The molecular weight excluding hydrogens is 174 g/mol. The van der Waals surface area contributed by atoms with Crippen molar-refractivity contribution in [2.45, 2.75) is 6.92 Å². The predicted octanol–water partition coefficient (Wildman–Crippen LogP) is -1.06. The largest absolute Gasteiger partial charge is 0.460 e. The number of ether oxygens (including phenoxy) is 1. The summed E-state index contributed by atoms with van der Waals surface area (Å²) in [4.78, 5) is 21.0. The molecule has 0 radical (unpaired) electrons. The number of nitrogens with two attached hydrogens (primary N) is 1. The molecule has 0 heterocycles. The zero-order valence-electron chi connectivity index (χ0n) is 7.45. The molecule has 0 spiro atoms. The summed E-state index contributed by atoms with van der Waals surface area (Å²) in [6, 6.07) is 0. The van der Waals surface area contributed by atoms with Gasteiger partial charge in [0.05, 0.1) is 6.54 Å². The molecule has 3 N–H and O–H groups in total. The molecule has 0 aromatic rings. The van der Waals surface area contributed by atoms with E-state index in [4.69, 9.17) is 10.6 Å². The summed E-state index contributed by atoms with van der Waals surface area (Å²) in [6.07, 6.45) is 0.495. The highest BCUT2D eigenvalue weighted by atomic mass is 16.5. The lowest BCUT2D eigenvalue weighted by Crippen LogP contribution is -2.43. The fourth-order valence-corrected chi connectivity index (χ4v) is 0.508. The Hall–Kier alpha value is -1.40. The molecule has 0 rings (SSSR count). The number of carbonyl (C=O) groups excluding carboxylic acids is 2. The number of amides is 1. The first kappa shape index (κ1) is 11.6. The average Bonchev–Trinajstić information content (AvgIpc) is 2.12. The van der Waals surface area contributed by atoms with Crippen LogP contribution in [0.3, 0.4) is 0 Å². The van der Waals surface area contributed by atoms with Gasteiger partial charge >= 0.3 is 5.97 Å². The van der Waals surface area contributed by atoms with E-state index in [9.17, 15) is 9.59 Å². The van der Waals surface area contributed by atoms with E-state index in [2.05, 4.69) is 12.1 Å². The summed E-state index contributed by atoms with van der Waals surface area (Å²) in [6.45, 7) is 5.21. The molecule has 0 saturated heterocycles. The van der Waals surface area contributed by atoms with Gasteiger partial charge in [-0.1, -0.05) is 6.58 Å². The van der Waals surface area contributed by atoms with Crippen LogP contribution in [0, 0.1) is 0 Å². The maximum Gasteiger partial charge on any atom is 0.333 e. The number of rotatable bonds is 6. The van der Waals surface area contributed by atoms with Crippen LogP contribution in [0.15, 0.2) is 12.2 Å². The third-order valence-electron chi connectivity index (χ3n) is 1.21. The molecule has 0 atom stereocenters. The summed E-state index contributed by atoms with van der Waals surface area (Å²) in [5.41, 5.74) is 2.42. The van der Waals surface area contributed by atoms with Gasteiger partial charge in [0, 0.05) is 5.57 Å². The standard InChI is InChI=1S/C7H13N3O3/c1-6(2)7(12)13-4-3-10(5-11)9-8/h5,9H,1,3-4,8H2,2H3. The van der Waals surface area contributed by atoms with Gasteiger partial charge in [0.1, 0.15) is 6.61 Å². The molecule has 0 unspecified atom stereocenters. The quantitative estimate of drug-likeness (QED) is 0.182. The second-order valence-electron chi connectivity index (χ2n) is 2.34. The Morgan fingerprint density at radius 1 is 1.77 bits per heavy atom. The highest BCUT2D eigenvalue weighted by molar-refractivity contribution is 5.86. The Labute approximate surface area is 76.3 Å². The van der Waals surface area contributed by atoms with Crippen molar-refractivity contribution in [1.29, 1.82) is 0 Å². The van der Waals surface area contributed by atoms with Crippen LogP contribution in [0.1, 0.15) is 6.92 Å². The van der Waals surface area contributed by atoms with Crippen LogP contribution < -0.4 is 11.4 Å². The van der Waals surface area contributed by atoms with Crippen molar-refractivity contribution < 1.29 is 14.3 Å². The van der Waals surface area contributed by atoms with Crippen LogP contribution in [-0.2, 0) is 14.3 Å². The van der Waals surface area contributed by atoms with Crippen molar-refractivity contribution in [2.24, 2.45) is 5.84 Å². The minimum absolute atomic E-state index is 0.0780. The van der Waals surface area contributed by atoms with E-state index in [1.165, 1.54) is 0 Å². The number of nitrogens with one attached hydrogen (secondary N) is 1. The molecule has 0 bridgehead atoms. The second-order valence-corrected chi connectivity index (χ2v) is 2.34. The topological polar surface area (TPSA) is 84.7 Å². The van der Waals surface area contributed by atoms with Crippen LogP contribution in [0.5, 0.6) is 0 Å². The van der Waals surface area contributed by atoms with Gasteiger partial charge in [-0.15, -0.1) is 0 Å². The number of hydrazine groups is 2. The molecule has 0 aliphatic heterocycles. The van der Waals surface area contributed by atoms with Gasteiger partial charge in [0.15, 0.2) is 0 Å². The van der Waals surface area contributed by atoms with Crippen molar-refractivity contribution in [3.8, 4) is 0 Å². The first-order valence-electron chi connectivity index (χ1n) is 3.62. The maximum atomic E-state index is 10.8. The van der Waals surface area contributed by atoms with E-state index in [1.807, 2.05) is 0 Å². The van der Waals surface area contributed by atoms with Gasteiger partial charge in [-0.25, -0.2) is 4.79 Å². The summed E-state index contributed by atoms with van der Waals surface area (Å²) in [5, 5.41) is 1.05. The average molecular weight is 187 g/mol. The van der Waals surface area contributed by atoms with Crippen molar-refractivity contribution in [3.05, 3.63) is 12.2 Å². The lowest BCUT2D eigenvalue weighted by Gasteiger charge is -2.14. The normalized spacial score (nSPS) is 9.08. The van der Waals surface area contributed by atoms with Gasteiger partial charge in [-0.2, -0.15) is 5.53 Å². The van der Waals surface area contributed by atoms with Gasteiger partial charge in [0.2, 0.25) is 6.41 Å². The van der Waals surface area contributed by atoms with E-state index in [-0.39, 0.29) is 13.2 Å². The third kappa shape index (κ3) is 4.94. The molecule has 0 fully saturated rings. The fraction of sp³-hybridized carbons (Fsp3) is 0.429. The van der Waals surface area contributed by atoms with E-state index in [1.54, 1.807) is 6.92 Å². The molecule has 0 aromatic heterocycles. The van der Waals surface area contributed by atoms with Gasteiger partial charge in [-0.05, 0) is 6.92 Å². The first-order valence-corrected chi connectivity index (χ1v) is 3.62. The van der Waals surface area contributed by atoms with Crippen LogP contribution in [0.2, 0.25) is 0 Å². The smallest absolute Gasteiger partial charge is 0.333 e. The predicted molar refractivity (Wildman–Crippen MR) is 45.9 cm³/mol. The number of carbonyl (C=O) groups is 2. The van der Waals surface area contributed by atoms with E-state index in [0.717, 1.165) is 5.01 Å². The Bertz CT molecular complexity index is 205. The first-order chi connectivity index (χ1) is 6.11. The highest BCUT2D eigenvalue weighted by Gasteiger charge is 2.04. The molecule has 0 aromatic carbocycles. The number of hydrogen-bond donors (Lipinski definition) is 2. The van der Waals surface area contributed by atoms with E-state index < -0.39 is 5.97 Å². The van der Waals surface area contributed by atoms with Gasteiger partial charge < -0.3 is 4.74 Å². The van der Waals surface area contributed by atoms with Crippen molar-refractivity contribution >= 4 is 12.4 Å². The Kier molecular flexibility index (Phi) is 5.49. The monoisotopic (exact) mass is 187 g/mol. The van der Waals surface area contributed by atoms with Crippen LogP contribution in [0.25, 0.3) is 0 Å². The molecule has 13 heavy (non-hydrogen) atoms. The zero-order valence-corrected chi connectivity index (χ0v) is 7.45. The molecule has 0 saturated carbocycles. The SMILES string of the molecule is C=C(C)C(=O)OCCN(C=O)NN. The summed E-state index contributed by atoms with van der Waals surface area (Å²) in [7, 11) is 0. The molecule has 0 aliphatic carbocycles. The Morgan fingerprint density at radius 2 is 2.38 bits per heavy atom. The zero-order chi connectivity index (χ0) is 10.3. The molecule has 0 aliphatic rings. The lowest BCUT2D eigenvalue weighted by atomic mass is 10.4. The highest BCUT2D eigenvalue weighted by Crippen LogP contribution is 1.91. The summed E-state index contributed by atoms with van der Waals surface area (Å²) in [5.74, 6) is 4.46. The maximum absolute atomic E-state index is 10.8. The van der Waals surface area contributed by atoms with Crippen molar-refractivity contribution in [2.75, 3.05) is 13.2 Å². The van der Waals surface area contributed by atoms with Crippen molar-refractivity contribution in [3.63, 3.8) is 0 Å². The van der Waals surface area contributed by atoms with Gasteiger partial charge in [-0.3, -0.25) is 15.6 Å². The molecular formula is C7H13N3O3. The molecule has 6 nitrogen and oxygen atoms in total. The van der Waals surface area contributed by atoms with Crippen molar-refractivity contribution in [1.82, 2.24) is 10.5 Å². The fourth-order valence-electron chi connectivity index (χ4n) is 0.508. The number of nitrogens with zero attached hydrogens (tertiary/aromatic N) is 1. The number of esters is 1. The van der Waals surface area contributed by atoms with E-state index >= 15 is 0 Å². The summed E-state index contributed by atoms with van der Waals surface area (Å²) < 4.78 is 4.70. The number of hydrogen-bond acceptors (Lipinski definition) is 5. The molecule has 1 amide bonds. The summed E-state index contributed by atoms with van der Waals surface area (Å²) >= 11 is 0. The van der Waals surface area contributed by atoms with E-state index in [0.29, 0.717) is 12.0 Å². The molecule has 6 heteroatoms. The van der Waals surface area contributed by atoms with Crippen LogP contribution in [-0.4, -0.2) is 30.5 Å². The second kappa shape index (κ2) is 6.15. The molecule has 74 valence electrons. The minimum Gasteiger partial charge on any atom is -0.460 e. The van der Waals surface area contributed by atoms with Crippen LogP contribution >= 0.6 is 0 Å². The van der Waals surface area contributed by atoms with Crippen LogP contribution in [0.4, 0.5) is 0 Å². The van der Waals surface area contributed by atoms with Gasteiger partial charge in [0.25, 0.3) is 0 Å². The Morgan fingerprint density at radius 3 is 2.77 bits per heavy atom. The lowest BCUT2D eigenvalue weighted by molar-refractivity contribution is -0.140.